The van der Waals surface area contributed by atoms with Gasteiger partial charge in [-0.3, -0.25) is 0 Å². The molecule has 0 radical (unpaired) electrons. The molecular weight excluding hydrogens is 180 g/mol. The maximum Gasteiger partial charge on any atom is 0.0551 e. The molecule has 0 bridgehead atoms. The Kier molecular flexibility index (Phi) is 7.78. The van der Waals surface area contributed by atoms with E-state index >= 15 is 0 Å². The molecule has 0 spiro atoms. The van der Waals surface area contributed by atoms with Crippen molar-refractivity contribution in [3.05, 3.63) is 0 Å². The predicted octanol–water partition coefficient (Wildman–Crippen LogP) is 1.99. The Morgan fingerprint density at radius 3 is 2.11 bits per heavy atom. The Balaban J connectivity index is 0. The molecule has 0 aromatic carbocycles. The minimum atomic E-state index is -0.290. The summed E-state index contributed by atoms with van der Waals surface area (Å²) < 4.78 is 0. The molecule has 0 saturated carbocycles. The van der Waals surface area contributed by atoms with E-state index in [1.54, 1.807) is 0 Å². The summed E-state index contributed by atoms with van der Waals surface area (Å²) in [4.78, 5) is -0.290. The molecular formula is C5H12Cl3N. The van der Waals surface area contributed by atoms with E-state index in [0.717, 1.165) is 6.42 Å². The van der Waals surface area contributed by atoms with Gasteiger partial charge in [-0.05, 0) is 13.3 Å². The van der Waals surface area contributed by atoms with Gasteiger partial charge in [0.05, 0.1) is 4.87 Å². The van der Waals surface area contributed by atoms with Crippen molar-refractivity contribution in [2.45, 2.75) is 18.2 Å². The number of hydrogen-bond donors (Lipinski definition) is 1. The van der Waals surface area contributed by atoms with Gasteiger partial charge in [-0.2, -0.15) is 0 Å². The molecule has 0 rings (SSSR count). The second kappa shape index (κ2) is 5.60. The highest BCUT2D eigenvalue weighted by molar-refractivity contribution is 6.25. The minimum Gasteiger partial charge on any atom is -0.329 e. The quantitative estimate of drug-likeness (QED) is 0.680. The summed E-state index contributed by atoms with van der Waals surface area (Å²) in [6.45, 7) is 2.37. The van der Waals surface area contributed by atoms with Crippen LogP contribution in [0.15, 0.2) is 0 Å². The smallest absolute Gasteiger partial charge is 0.0551 e. The molecule has 9 heavy (non-hydrogen) atoms. The standard InChI is InChI=1S/C5H11Cl2N.ClH/c1-5(7,4-8)2-3-6;/h2-4,8H2,1H3;1H. The average Bonchev–Trinajstić information content (AvgIpc) is 1.67. The normalized spacial score (nSPS) is 16.0. The SMILES string of the molecule is CC(Cl)(CN)CCCl.Cl. The van der Waals surface area contributed by atoms with E-state index < -0.39 is 0 Å². The summed E-state index contributed by atoms with van der Waals surface area (Å²) >= 11 is 11.2. The van der Waals surface area contributed by atoms with Gasteiger partial charge in [0, 0.05) is 12.4 Å². The molecule has 1 unspecified atom stereocenters. The Morgan fingerprint density at radius 1 is 1.56 bits per heavy atom. The van der Waals surface area contributed by atoms with Crippen LogP contribution in [0, 0.1) is 0 Å². The Hall–Kier alpha value is 0.830. The molecule has 58 valence electrons. The van der Waals surface area contributed by atoms with E-state index in [0.29, 0.717) is 12.4 Å². The maximum absolute atomic E-state index is 5.81. The molecule has 0 aliphatic heterocycles. The Morgan fingerprint density at radius 2 is 2.00 bits per heavy atom. The summed E-state index contributed by atoms with van der Waals surface area (Å²) in [5, 5.41) is 0. The first kappa shape index (κ1) is 12.5. The minimum absolute atomic E-state index is 0. The van der Waals surface area contributed by atoms with Crippen LogP contribution in [0.5, 0.6) is 0 Å². The second-order valence-corrected chi connectivity index (χ2v) is 3.35. The van der Waals surface area contributed by atoms with Gasteiger partial charge in [-0.25, -0.2) is 0 Å². The first-order valence-electron chi connectivity index (χ1n) is 2.57. The highest BCUT2D eigenvalue weighted by Gasteiger charge is 2.16. The van der Waals surface area contributed by atoms with E-state index in [2.05, 4.69) is 0 Å². The van der Waals surface area contributed by atoms with E-state index in [-0.39, 0.29) is 17.3 Å². The second-order valence-electron chi connectivity index (χ2n) is 2.06. The lowest BCUT2D eigenvalue weighted by Crippen LogP contribution is -2.28. The first-order chi connectivity index (χ1) is 3.62. The van der Waals surface area contributed by atoms with Gasteiger partial charge in [0.2, 0.25) is 0 Å². The van der Waals surface area contributed by atoms with Crippen LogP contribution in [0.25, 0.3) is 0 Å². The van der Waals surface area contributed by atoms with Gasteiger partial charge < -0.3 is 5.73 Å². The zero-order chi connectivity index (χ0) is 6.62. The fourth-order valence-corrected chi connectivity index (χ4v) is 0.907. The monoisotopic (exact) mass is 191 g/mol. The molecule has 1 atom stereocenters. The van der Waals surface area contributed by atoms with Crippen LogP contribution in [-0.4, -0.2) is 17.3 Å². The molecule has 0 aromatic rings. The third kappa shape index (κ3) is 6.72. The van der Waals surface area contributed by atoms with Crippen LogP contribution in [0.3, 0.4) is 0 Å². The van der Waals surface area contributed by atoms with Crippen LogP contribution >= 0.6 is 35.6 Å². The van der Waals surface area contributed by atoms with Crippen molar-refractivity contribution in [2.24, 2.45) is 5.73 Å². The predicted molar refractivity (Wildman–Crippen MR) is 45.9 cm³/mol. The molecule has 0 heterocycles. The van der Waals surface area contributed by atoms with Crippen LogP contribution in [0.1, 0.15) is 13.3 Å². The molecule has 0 aliphatic rings. The van der Waals surface area contributed by atoms with Gasteiger partial charge in [-0.15, -0.1) is 35.6 Å². The lowest BCUT2D eigenvalue weighted by Gasteiger charge is -2.16. The summed E-state index contributed by atoms with van der Waals surface area (Å²) in [5.41, 5.74) is 5.30. The van der Waals surface area contributed by atoms with Crippen molar-refractivity contribution in [2.75, 3.05) is 12.4 Å². The van der Waals surface area contributed by atoms with Crippen molar-refractivity contribution in [3.8, 4) is 0 Å². The third-order valence-corrected chi connectivity index (χ3v) is 1.57. The fourth-order valence-electron chi connectivity index (χ4n) is 0.299. The molecule has 1 nitrogen and oxygen atoms in total. The fraction of sp³-hybridized carbons (Fsp3) is 1.00. The molecule has 0 saturated heterocycles. The molecule has 0 aromatic heterocycles. The van der Waals surface area contributed by atoms with Gasteiger partial charge >= 0.3 is 0 Å². The van der Waals surface area contributed by atoms with Crippen molar-refractivity contribution < 1.29 is 0 Å². The Labute approximate surface area is 72.3 Å². The van der Waals surface area contributed by atoms with Crippen molar-refractivity contribution >= 4 is 35.6 Å². The maximum atomic E-state index is 5.81. The van der Waals surface area contributed by atoms with Crippen LogP contribution in [0.4, 0.5) is 0 Å². The summed E-state index contributed by atoms with van der Waals surface area (Å²) in [7, 11) is 0. The molecule has 0 aliphatic carbocycles. The van der Waals surface area contributed by atoms with Gasteiger partial charge in [-0.1, -0.05) is 0 Å². The van der Waals surface area contributed by atoms with Gasteiger partial charge in [0.25, 0.3) is 0 Å². The topological polar surface area (TPSA) is 26.0 Å². The van der Waals surface area contributed by atoms with E-state index in [4.69, 9.17) is 28.9 Å². The molecule has 0 amide bonds. The average molecular weight is 193 g/mol. The lowest BCUT2D eigenvalue weighted by atomic mass is 10.1. The zero-order valence-electron chi connectivity index (χ0n) is 5.36. The lowest BCUT2D eigenvalue weighted by molar-refractivity contribution is 0.622. The summed E-state index contributed by atoms with van der Waals surface area (Å²) in [6.07, 6.45) is 0.770. The van der Waals surface area contributed by atoms with Crippen LogP contribution < -0.4 is 5.73 Å². The van der Waals surface area contributed by atoms with Crippen molar-refractivity contribution in [3.63, 3.8) is 0 Å². The molecule has 4 heteroatoms. The van der Waals surface area contributed by atoms with Gasteiger partial charge in [0.1, 0.15) is 0 Å². The van der Waals surface area contributed by atoms with Crippen LogP contribution in [-0.2, 0) is 0 Å². The largest absolute Gasteiger partial charge is 0.329 e. The van der Waals surface area contributed by atoms with E-state index in [1.807, 2.05) is 6.92 Å². The Bertz CT molecular complexity index is 65.2. The van der Waals surface area contributed by atoms with Crippen molar-refractivity contribution in [1.29, 1.82) is 0 Å². The zero-order valence-corrected chi connectivity index (χ0v) is 7.69. The number of alkyl halides is 2. The number of rotatable bonds is 3. The molecule has 0 fully saturated rings. The van der Waals surface area contributed by atoms with E-state index in [9.17, 15) is 0 Å². The highest BCUT2D eigenvalue weighted by atomic mass is 35.5. The van der Waals surface area contributed by atoms with Crippen molar-refractivity contribution in [1.82, 2.24) is 0 Å². The summed E-state index contributed by atoms with van der Waals surface area (Å²) in [5.74, 6) is 0.581. The number of hydrogen-bond acceptors (Lipinski definition) is 1. The van der Waals surface area contributed by atoms with Gasteiger partial charge in [0.15, 0.2) is 0 Å². The number of halogens is 3. The molecule has 2 N–H and O–H groups in total. The third-order valence-electron chi connectivity index (χ3n) is 1.04. The van der Waals surface area contributed by atoms with E-state index in [1.165, 1.54) is 0 Å². The van der Waals surface area contributed by atoms with Crippen LogP contribution in [0.2, 0.25) is 0 Å². The number of nitrogens with two attached hydrogens (primary N) is 1. The summed E-state index contributed by atoms with van der Waals surface area (Å²) in [6, 6.07) is 0. The highest BCUT2D eigenvalue weighted by Crippen LogP contribution is 2.16. The first-order valence-corrected chi connectivity index (χ1v) is 3.48.